The van der Waals surface area contributed by atoms with Crippen molar-refractivity contribution < 1.29 is 24.8 Å². The van der Waals surface area contributed by atoms with Gasteiger partial charge in [0.2, 0.25) is 0 Å². The van der Waals surface area contributed by atoms with Gasteiger partial charge in [0.15, 0.2) is 0 Å². The minimum atomic E-state index is -1.22. The Morgan fingerprint density at radius 1 is 0.923 bits per heavy atom. The van der Waals surface area contributed by atoms with Gasteiger partial charge in [0, 0.05) is 0 Å². The summed E-state index contributed by atoms with van der Waals surface area (Å²) >= 11 is 0. The molecule has 0 saturated heterocycles. The molecule has 5 nitrogen and oxygen atoms in total. The number of aliphatic hydroxyl groups excluding tert-OH is 4. The Balaban J connectivity index is 0.000000243. The fourth-order valence-electron chi connectivity index (χ4n) is 0.470. The summed E-state index contributed by atoms with van der Waals surface area (Å²) in [6, 6.07) is 3.67. The quantitative estimate of drug-likeness (QED) is 0.489. The van der Waals surface area contributed by atoms with E-state index in [-0.39, 0.29) is 0 Å². The van der Waals surface area contributed by atoms with Crippen LogP contribution in [-0.2, 0) is 0 Å². The third-order valence-electron chi connectivity index (χ3n) is 1.24. The number of hydrogen-bond acceptors (Lipinski definition) is 5. The molecule has 0 aliphatic rings. The summed E-state index contributed by atoms with van der Waals surface area (Å²) in [6.45, 7) is -1.05. The number of hydrogen-bond donors (Lipinski definition) is 4. The third-order valence-corrected chi connectivity index (χ3v) is 1.24. The smallest absolute Gasteiger partial charge is 0.105 e. The van der Waals surface area contributed by atoms with Gasteiger partial charge in [0.25, 0.3) is 0 Å². The first-order valence-corrected chi connectivity index (χ1v) is 3.77. The molecule has 13 heavy (non-hydrogen) atoms. The maximum absolute atomic E-state index is 8.47. The zero-order valence-corrected chi connectivity index (χ0v) is 7.08. The Hall–Kier alpha value is -0.880. The number of furan rings is 1. The molecule has 2 atom stereocenters. The standard InChI is InChI=1S/C4H10O4.C4H4O/c5-1-3(7)4(8)2-6;1-2-4-5-3-1/h3-8H,1-2H2;1-4H. The molecule has 0 aliphatic carbocycles. The Morgan fingerprint density at radius 2 is 1.31 bits per heavy atom. The summed E-state index contributed by atoms with van der Waals surface area (Å²) < 4.78 is 4.58. The van der Waals surface area contributed by atoms with Crippen LogP contribution in [0.4, 0.5) is 0 Å². The van der Waals surface area contributed by atoms with Crippen molar-refractivity contribution >= 4 is 0 Å². The molecule has 76 valence electrons. The van der Waals surface area contributed by atoms with Gasteiger partial charge >= 0.3 is 0 Å². The molecule has 0 radical (unpaired) electrons. The Kier molecular flexibility index (Phi) is 7.23. The minimum absolute atomic E-state index is 0.526. The van der Waals surface area contributed by atoms with Crippen molar-refractivity contribution in [1.82, 2.24) is 0 Å². The van der Waals surface area contributed by atoms with Crippen LogP contribution < -0.4 is 0 Å². The summed E-state index contributed by atoms with van der Waals surface area (Å²) in [6.07, 6.45) is 0.806. The van der Waals surface area contributed by atoms with E-state index in [1.807, 2.05) is 12.1 Å². The van der Waals surface area contributed by atoms with E-state index in [1.165, 1.54) is 0 Å². The van der Waals surface area contributed by atoms with E-state index in [1.54, 1.807) is 12.5 Å². The van der Waals surface area contributed by atoms with E-state index < -0.39 is 25.4 Å². The van der Waals surface area contributed by atoms with Gasteiger partial charge in [-0.2, -0.15) is 0 Å². The van der Waals surface area contributed by atoms with Gasteiger partial charge in [-0.15, -0.1) is 0 Å². The summed E-state index contributed by atoms with van der Waals surface area (Å²) in [5.41, 5.74) is 0. The van der Waals surface area contributed by atoms with Crippen molar-refractivity contribution in [3.8, 4) is 0 Å². The van der Waals surface area contributed by atoms with E-state index in [2.05, 4.69) is 4.42 Å². The molecule has 0 amide bonds. The van der Waals surface area contributed by atoms with Crippen LogP contribution in [0.3, 0.4) is 0 Å². The molecule has 2 unspecified atom stereocenters. The molecule has 5 heteroatoms. The monoisotopic (exact) mass is 190 g/mol. The lowest BCUT2D eigenvalue weighted by atomic mass is 10.2. The molecule has 0 aromatic carbocycles. The van der Waals surface area contributed by atoms with E-state index in [4.69, 9.17) is 20.4 Å². The molecule has 0 bridgehead atoms. The molecule has 1 heterocycles. The maximum atomic E-state index is 8.47. The van der Waals surface area contributed by atoms with Crippen LogP contribution in [0, 0.1) is 0 Å². The van der Waals surface area contributed by atoms with Crippen LogP contribution in [0.1, 0.15) is 0 Å². The molecule has 1 rings (SSSR count). The SMILES string of the molecule is OCC(O)C(O)CO.c1ccoc1. The molecule has 0 aliphatic heterocycles. The molecular formula is C8H14O5. The third kappa shape index (κ3) is 6.30. The highest BCUT2D eigenvalue weighted by atomic mass is 16.4. The second kappa shape index (κ2) is 7.75. The Morgan fingerprint density at radius 3 is 1.46 bits per heavy atom. The van der Waals surface area contributed by atoms with Crippen LogP contribution in [0.15, 0.2) is 29.1 Å². The summed E-state index contributed by atoms with van der Waals surface area (Å²) in [4.78, 5) is 0. The summed E-state index contributed by atoms with van der Waals surface area (Å²) in [5, 5.41) is 33.2. The average molecular weight is 190 g/mol. The Bertz CT molecular complexity index is 149. The molecule has 0 saturated carbocycles. The molecule has 0 fully saturated rings. The van der Waals surface area contributed by atoms with Crippen LogP contribution in [0.25, 0.3) is 0 Å². The van der Waals surface area contributed by atoms with Gasteiger partial charge in [-0.1, -0.05) is 0 Å². The van der Waals surface area contributed by atoms with Crippen LogP contribution in [-0.4, -0.2) is 45.8 Å². The van der Waals surface area contributed by atoms with Gasteiger partial charge in [-0.05, 0) is 12.1 Å². The highest BCUT2D eigenvalue weighted by Crippen LogP contribution is 1.88. The molecule has 0 spiro atoms. The maximum Gasteiger partial charge on any atom is 0.105 e. The largest absolute Gasteiger partial charge is 0.473 e. The molecular weight excluding hydrogens is 176 g/mol. The van der Waals surface area contributed by atoms with Gasteiger partial charge in [-0.3, -0.25) is 0 Å². The van der Waals surface area contributed by atoms with Gasteiger partial charge < -0.3 is 24.8 Å². The van der Waals surface area contributed by atoms with Crippen molar-refractivity contribution in [2.45, 2.75) is 12.2 Å². The fourth-order valence-corrected chi connectivity index (χ4v) is 0.470. The van der Waals surface area contributed by atoms with Gasteiger partial charge in [-0.25, -0.2) is 0 Å². The van der Waals surface area contributed by atoms with Crippen LogP contribution >= 0.6 is 0 Å². The Labute approximate surface area is 75.9 Å². The average Bonchev–Trinajstić information content (AvgIpc) is 2.73. The number of rotatable bonds is 3. The first-order valence-electron chi connectivity index (χ1n) is 3.77. The van der Waals surface area contributed by atoms with E-state index in [0.717, 1.165) is 0 Å². The number of aliphatic hydroxyl groups is 4. The predicted molar refractivity (Wildman–Crippen MR) is 44.9 cm³/mol. The van der Waals surface area contributed by atoms with Crippen molar-refractivity contribution in [3.63, 3.8) is 0 Å². The zero-order valence-electron chi connectivity index (χ0n) is 7.08. The zero-order chi connectivity index (χ0) is 10.1. The fraction of sp³-hybridized carbons (Fsp3) is 0.500. The van der Waals surface area contributed by atoms with Crippen LogP contribution in [0.5, 0.6) is 0 Å². The second-order valence-electron chi connectivity index (χ2n) is 2.29. The lowest BCUT2D eigenvalue weighted by molar-refractivity contribution is -0.0388. The van der Waals surface area contributed by atoms with Crippen molar-refractivity contribution in [1.29, 1.82) is 0 Å². The van der Waals surface area contributed by atoms with E-state index >= 15 is 0 Å². The minimum Gasteiger partial charge on any atom is -0.473 e. The van der Waals surface area contributed by atoms with E-state index in [9.17, 15) is 0 Å². The highest BCUT2D eigenvalue weighted by molar-refractivity contribution is 4.79. The second-order valence-corrected chi connectivity index (χ2v) is 2.29. The normalized spacial score (nSPS) is 14.2. The molecule has 4 N–H and O–H groups in total. The lowest BCUT2D eigenvalue weighted by Gasteiger charge is -2.10. The lowest BCUT2D eigenvalue weighted by Crippen LogP contribution is -2.31. The topological polar surface area (TPSA) is 94.1 Å². The van der Waals surface area contributed by atoms with Crippen molar-refractivity contribution in [3.05, 3.63) is 24.7 Å². The highest BCUT2D eigenvalue weighted by Gasteiger charge is 2.12. The van der Waals surface area contributed by atoms with E-state index in [0.29, 0.717) is 0 Å². The van der Waals surface area contributed by atoms with Crippen molar-refractivity contribution in [2.24, 2.45) is 0 Å². The molecule has 1 aromatic rings. The van der Waals surface area contributed by atoms with Gasteiger partial charge in [0.05, 0.1) is 25.7 Å². The first-order chi connectivity index (χ1) is 6.22. The summed E-state index contributed by atoms with van der Waals surface area (Å²) in [5.74, 6) is 0. The van der Waals surface area contributed by atoms with Crippen LogP contribution in [0.2, 0.25) is 0 Å². The van der Waals surface area contributed by atoms with Crippen molar-refractivity contribution in [2.75, 3.05) is 13.2 Å². The summed E-state index contributed by atoms with van der Waals surface area (Å²) in [7, 11) is 0. The molecule has 1 aromatic heterocycles. The van der Waals surface area contributed by atoms with Gasteiger partial charge in [0.1, 0.15) is 12.2 Å². The predicted octanol–water partition coefficient (Wildman–Crippen LogP) is -1.03. The first kappa shape index (κ1) is 12.1.